The predicted molar refractivity (Wildman–Crippen MR) is 123 cm³/mol. The lowest BCUT2D eigenvalue weighted by atomic mass is 10.0. The molecular formula is C25H38N4O2. The molecule has 2 aliphatic heterocycles. The van der Waals surface area contributed by atoms with Crippen LogP contribution in [0.4, 0.5) is 0 Å². The number of carbonyl (C=O) groups excluding carboxylic acids is 2. The first-order chi connectivity index (χ1) is 15.2. The van der Waals surface area contributed by atoms with E-state index in [-0.39, 0.29) is 24.3 Å². The molecule has 4 rings (SSSR count). The van der Waals surface area contributed by atoms with Gasteiger partial charge < -0.3 is 15.5 Å². The van der Waals surface area contributed by atoms with Crippen LogP contribution in [0.3, 0.4) is 0 Å². The molecule has 2 amide bonds. The van der Waals surface area contributed by atoms with E-state index in [0.717, 1.165) is 38.8 Å². The average Bonchev–Trinajstić information content (AvgIpc) is 3.03. The summed E-state index contributed by atoms with van der Waals surface area (Å²) in [5, 5.41) is 6.03. The summed E-state index contributed by atoms with van der Waals surface area (Å²) in [5.74, 6) is -0.00384. The Balaban J connectivity index is 1.21. The predicted octanol–water partition coefficient (Wildman–Crippen LogP) is 2.12. The van der Waals surface area contributed by atoms with Crippen molar-refractivity contribution >= 4 is 11.8 Å². The number of piperazine rings is 1. The Hall–Kier alpha value is -1.92. The number of nitrogens with zero attached hydrogens (tertiary/aromatic N) is 2. The maximum Gasteiger partial charge on any atom is 0.237 e. The van der Waals surface area contributed by atoms with Crippen molar-refractivity contribution in [3.8, 4) is 0 Å². The first kappa shape index (κ1) is 22.3. The maximum absolute atomic E-state index is 12.6. The molecule has 1 aliphatic carbocycles. The van der Waals surface area contributed by atoms with Crippen molar-refractivity contribution in [2.45, 2.75) is 69.9 Å². The van der Waals surface area contributed by atoms with E-state index in [9.17, 15) is 9.59 Å². The maximum atomic E-state index is 12.6. The molecule has 0 spiro atoms. The van der Waals surface area contributed by atoms with Crippen molar-refractivity contribution in [2.24, 2.45) is 0 Å². The van der Waals surface area contributed by atoms with E-state index in [1.54, 1.807) is 0 Å². The van der Waals surface area contributed by atoms with Crippen LogP contribution in [0.5, 0.6) is 0 Å². The van der Waals surface area contributed by atoms with E-state index < -0.39 is 0 Å². The lowest BCUT2D eigenvalue weighted by molar-refractivity contribution is -0.135. The first-order valence-corrected chi connectivity index (χ1v) is 12.3. The molecule has 2 saturated heterocycles. The van der Waals surface area contributed by atoms with Gasteiger partial charge in [0, 0.05) is 25.7 Å². The number of hydrogen-bond donors (Lipinski definition) is 2. The molecule has 31 heavy (non-hydrogen) atoms. The molecule has 6 heteroatoms. The number of amides is 2. The van der Waals surface area contributed by atoms with Crippen LogP contribution < -0.4 is 10.6 Å². The summed E-state index contributed by atoms with van der Waals surface area (Å²) in [4.78, 5) is 30.1. The fourth-order valence-corrected chi connectivity index (χ4v) is 5.45. The third-order valence-corrected chi connectivity index (χ3v) is 7.17. The van der Waals surface area contributed by atoms with Gasteiger partial charge in [0.25, 0.3) is 0 Å². The third kappa shape index (κ3) is 6.07. The van der Waals surface area contributed by atoms with E-state index >= 15 is 0 Å². The van der Waals surface area contributed by atoms with Gasteiger partial charge >= 0.3 is 0 Å². The van der Waals surface area contributed by atoms with E-state index in [2.05, 4.69) is 44.7 Å². The molecule has 0 aromatic heterocycles. The second kappa shape index (κ2) is 11.1. The summed E-state index contributed by atoms with van der Waals surface area (Å²) in [5.41, 5.74) is 2.76. The Labute approximate surface area is 186 Å². The summed E-state index contributed by atoms with van der Waals surface area (Å²) in [6.45, 7) is 5.78. The fraction of sp³-hybridized carbons (Fsp3) is 0.680. The zero-order chi connectivity index (χ0) is 21.5. The van der Waals surface area contributed by atoms with Gasteiger partial charge in [0.15, 0.2) is 0 Å². The van der Waals surface area contributed by atoms with Crippen LogP contribution in [0.2, 0.25) is 0 Å². The Kier molecular flexibility index (Phi) is 7.97. The highest BCUT2D eigenvalue weighted by Crippen LogP contribution is 2.28. The molecule has 2 fully saturated rings. The Bertz CT molecular complexity index is 720. The average molecular weight is 427 g/mol. The minimum Gasteiger partial charge on any atom is -0.356 e. The topological polar surface area (TPSA) is 64.7 Å². The third-order valence-electron chi connectivity index (χ3n) is 7.17. The number of unbranched alkanes of at least 4 members (excludes halogenated alkanes) is 1. The molecule has 1 atom stereocenters. The Morgan fingerprint density at radius 2 is 1.71 bits per heavy atom. The van der Waals surface area contributed by atoms with Crippen molar-refractivity contribution < 1.29 is 9.59 Å². The quantitative estimate of drug-likeness (QED) is 0.625. The van der Waals surface area contributed by atoms with Crippen molar-refractivity contribution in [1.82, 2.24) is 20.4 Å². The lowest BCUT2D eigenvalue weighted by Gasteiger charge is -2.38. The van der Waals surface area contributed by atoms with Crippen molar-refractivity contribution in [3.63, 3.8) is 0 Å². The number of carbonyl (C=O) groups is 2. The summed E-state index contributed by atoms with van der Waals surface area (Å²) < 4.78 is 0. The second-order valence-electron chi connectivity index (χ2n) is 9.39. The van der Waals surface area contributed by atoms with Crippen LogP contribution in [0.15, 0.2) is 24.3 Å². The lowest BCUT2D eigenvalue weighted by Crippen LogP contribution is -2.59. The smallest absolute Gasteiger partial charge is 0.237 e. The molecule has 2 heterocycles. The summed E-state index contributed by atoms with van der Waals surface area (Å²) in [6.07, 6.45) is 9.69. The van der Waals surface area contributed by atoms with Gasteiger partial charge in [-0.3, -0.25) is 14.5 Å². The van der Waals surface area contributed by atoms with Gasteiger partial charge in [0.05, 0.1) is 12.5 Å². The molecule has 0 bridgehead atoms. The number of rotatable bonds is 8. The SMILES string of the molecule is O=C(C[C@H]1C(=O)NCCN1C1Cc2ccccc2C1)NCCCCN1CCCCCC1. The Morgan fingerprint density at radius 1 is 1.00 bits per heavy atom. The van der Waals surface area contributed by atoms with Gasteiger partial charge in [0.2, 0.25) is 11.8 Å². The minimum absolute atomic E-state index is 0.00137. The van der Waals surface area contributed by atoms with Crippen LogP contribution in [0.1, 0.15) is 56.1 Å². The van der Waals surface area contributed by atoms with Gasteiger partial charge in [0.1, 0.15) is 0 Å². The zero-order valence-corrected chi connectivity index (χ0v) is 18.8. The van der Waals surface area contributed by atoms with E-state index in [4.69, 9.17) is 0 Å². The number of fused-ring (bicyclic) bond motifs is 1. The summed E-state index contributed by atoms with van der Waals surface area (Å²) in [6, 6.07) is 8.50. The van der Waals surface area contributed by atoms with Crippen molar-refractivity contribution in [2.75, 3.05) is 39.3 Å². The summed E-state index contributed by atoms with van der Waals surface area (Å²) in [7, 11) is 0. The Morgan fingerprint density at radius 3 is 2.42 bits per heavy atom. The molecule has 0 radical (unpaired) electrons. The molecule has 3 aliphatic rings. The normalized spacial score (nSPS) is 23.2. The highest BCUT2D eigenvalue weighted by molar-refractivity contribution is 5.88. The van der Waals surface area contributed by atoms with Gasteiger partial charge in [-0.15, -0.1) is 0 Å². The molecule has 1 aromatic rings. The fourth-order valence-electron chi connectivity index (χ4n) is 5.45. The molecule has 2 N–H and O–H groups in total. The second-order valence-corrected chi connectivity index (χ2v) is 9.39. The van der Waals surface area contributed by atoms with Gasteiger partial charge in [-0.05, 0) is 69.3 Å². The number of likely N-dealkylation sites (tertiary alicyclic amines) is 1. The monoisotopic (exact) mass is 426 g/mol. The van der Waals surface area contributed by atoms with Gasteiger partial charge in [-0.1, -0.05) is 37.1 Å². The molecule has 170 valence electrons. The number of benzene rings is 1. The summed E-state index contributed by atoms with van der Waals surface area (Å²) >= 11 is 0. The van der Waals surface area contributed by atoms with Crippen LogP contribution >= 0.6 is 0 Å². The number of nitrogens with one attached hydrogen (secondary N) is 2. The highest BCUT2D eigenvalue weighted by atomic mass is 16.2. The van der Waals surface area contributed by atoms with Crippen LogP contribution in [-0.4, -0.2) is 73.0 Å². The van der Waals surface area contributed by atoms with Crippen molar-refractivity contribution in [1.29, 1.82) is 0 Å². The number of hydrogen-bond acceptors (Lipinski definition) is 4. The zero-order valence-electron chi connectivity index (χ0n) is 18.8. The molecule has 1 aromatic carbocycles. The van der Waals surface area contributed by atoms with E-state index in [0.29, 0.717) is 19.1 Å². The first-order valence-electron chi connectivity index (χ1n) is 12.3. The molecule has 0 unspecified atom stereocenters. The minimum atomic E-state index is -0.356. The van der Waals surface area contributed by atoms with E-state index in [1.807, 2.05) is 0 Å². The van der Waals surface area contributed by atoms with Crippen molar-refractivity contribution in [3.05, 3.63) is 35.4 Å². The largest absolute Gasteiger partial charge is 0.356 e. The molecule has 0 saturated carbocycles. The van der Waals surface area contributed by atoms with E-state index in [1.165, 1.54) is 49.9 Å². The van der Waals surface area contributed by atoms with Gasteiger partial charge in [-0.2, -0.15) is 0 Å². The van der Waals surface area contributed by atoms with Crippen LogP contribution in [0, 0.1) is 0 Å². The van der Waals surface area contributed by atoms with Crippen LogP contribution in [-0.2, 0) is 22.4 Å². The highest BCUT2D eigenvalue weighted by Gasteiger charge is 2.37. The standard InChI is InChI=1S/C25H38N4O2/c30-24(26-11-5-8-15-28-13-6-1-2-7-14-28)19-23-25(31)27-12-16-29(23)22-17-20-9-3-4-10-21(20)18-22/h3-4,9-10,22-23H,1-2,5-8,11-19H2,(H,26,30)(H,27,31)/t23-/m0/s1. The van der Waals surface area contributed by atoms with Crippen LogP contribution in [0.25, 0.3) is 0 Å². The molecular weight excluding hydrogens is 388 g/mol. The molecule has 6 nitrogen and oxygen atoms in total. The van der Waals surface area contributed by atoms with Gasteiger partial charge in [-0.25, -0.2) is 0 Å².